The quantitative estimate of drug-likeness (QED) is 0.814. The number of halogens is 2. The third-order valence-corrected chi connectivity index (χ3v) is 5.05. The van der Waals surface area contributed by atoms with Crippen molar-refractivity contribution in [2.75, 3.05) is 6.54 Å². The van der Waals surface area contributed by atoms with Gasteiger partial charge in [-0.25, -0.2) is 13.1 Å². The van der Waals surface area contributed by atoms with Gasteiger partial charge in [0.05, 0.1) is 11.6 Å². The normalized spacial score (nSPS) is 11.8. The zero-order valence-electron chi connectivity index (χ0n) is 10.6. The van der Waals surface area contributed by atoms with Gasteiger partial charge in [0.25, 0.3) is 0 Å². The molecule has 1 aromatic carbocycles. The standard InChI is InChI=1S/C11H11Cl2N3O4S/c12-8-1-2-9(11(13)7(8)5-17)21(18,19)15-4-3-10-14-6-20-16-10/h1-2,6,15,17H,3-5H2. The lowest BCUT2D eigenvalue weighted by atomic mass is 10.2. The Balaban J connectivity index is 2.16. The zero-order valence-corrected chi connectivity index (χ0v) is 12.9. The van der Waals surface area contributed by atoms with E-state index in [1.54, 1.807) is 0 Å². The first-order chi connectivity index (χ1) is 9.95. The molecule has 0 aliphatic rings. The molecule has 0 unspecified atom stereocenters. The van der Waals surface area contributed by atoms with Crippen LogP contribution in [0.25, 0.3) is 0 Å². The summed E-state index contributed by atoms with van der Waals surface area (Å²) in [6, 6.07) is 2.65. The lowest BCUT2D eigenvalue weighted by Gasteiger charge is -2.11. The van der Waals surface area contributed by atoms with E-state index in [0.717, 1.165) is 6.39 Å². The lowest BCUT2D eigenvalue weighted by Crippen LogP contribution is -2.26. The second-order valence-corrected chi connectivity index (χ2v) is 6.51. The molecule has 2 aromatic rings. The first-order valence-corrected chi connectivity index (χ1v) is 8.02. The van der Waals surface area contributed by atoms with Crippen molar-refractivity contribution >= 4 is 33.2 Å². The van der Waals surface area contributed by atoms with Crippen LogP contribution in [0.1, 0.15) is 11.4 Å². The fourth-order valence-corrected chi connectivity index (χ4v) is 3.53. The van der Waals surface area contributed by atoms with E-state index in [0.29, 0.717) is 5.82 Å². The fourth-order valence-electron chi connectivity index (χ4n) is 1.61. The number of aromatic nitrogens is 2. The smallest absolute Gasteiger partial charge is 0.242 e. The maximum Gasteiger partial charge on any atom is 0.242 e. The molecule has 0 saturated heterocycles. The van der Waals surface area contributed by atoms with Gasteiger partial charge in [0.15, 0.2) is 5.82 Å². The number of nitrogens with one attached hydrogen (secondary N) is 1. The van der Waals surface area contributed by atoms with Crippen molar-refractivity contribution in [1.82, 2.24) is 14.9 Å². The van der Waals surface area contributed by atoms with Crippen LogP contribution in [0, 0.1) is 0 Å². The van der Waals surface area contributed by atoms with Crippen LogP contribution >= 0.6 is 23.2 Å². The van der Waals surface area contributed by atoms with Crippen molar-refractivity contribution in [3.8, 4) is 0 Å². The molecule has 0 amide bonds. The molecule has 0 radical (unpaired) electrons. The fraction of sp³-hybridized carbons (Fsp3) is 0.273. The molecule has 2 N–H and O–H groups in total. The van der Waals surface area contributed by atoms with Gasteiger partial charge in [-0.1, -0.05) is 28.4 Å². The van der Waals surface area contributed by atoms with Crippen molar-refractivity contribution < 1.29 is 18.0 Å². The molecule has 1 heterocycles. The first kappa shape index (κ1) is 16.2. The highest BCUT2D eigenvalue weighted by Gasteiger charge is 2.21. The van der Waals surface area contributed by atoms with Crippen LogP contribution in [-0.4, -0.2) is 30.2 Å². The minimum absolute atomic E-state index is 0.0787. The van der Waals surface area contributed by atoms with E-state index in [2.05, 4.69) is 19.4 Å². The summed E-state index contributed by atoms with van der Waals surface area (Å²) in [7, 11) is -3.83. The molecule has 114 valence electrons. The van der Waals surface area contributed by atoms with E-state index in [-0.39, 0.29) is 33.5 Å². The van der Waals surface area contributed by atoms with Gasteiger partial charge in [-0.05, 0) is 12.1 Å². The number of rotatable bonds is 6. The van der Waals surface area contributed by atoms with E-state index >= 15 is 0 Å². The molecule has 0 aliphatic heterocycles. The van der Waals surface area contributed by atoms with Crippen molar-refractivity contribution in [3.05, 3.63) is 40.0 Å². The van der Waals surface area contributed by atoms with Crippen molar-refractivity contribution in [1.29, 1.82) is 0 Å². The minimum Gasteiger partial charge on any atom is -0.392 e. The van der Waals surface area contributed by atoms with Crippen LogP contribution in [-0.2, 0) is 23.1 Å². The summed E-state index contributed by atoms with van der Waals surface area (Å²) >= 11 is 11.8. The molecule has 1 aromatic heterocycles. The van der Waals surface area contributed by atoms with Crippen LogP contribution in [0.3, 0.4) is 0 Å². The van der Waals surface area contributed by atoms with Gasteiger partial charge in [-0.2, -0.15) is 4.98 Å². The summed E-state index contributed by atoms with van der Waals surface area (Å²) in [6.45, 7) is -0.376. The van der Waals surface area contributed by atoms with Crippen LogP contribution in [0.5, 0.6) is 0 Å². The number of hydrogen-bond acceptors (Lipinski definition) is 6. The van der Waals surface area contributed by atoms with Gasteiger partial charge in [-0.15, -0.1) is 0 Å². The van der Waals surface area contributed by atoms with Crippen LogP contribution < -0.4 is 4.72 Å². The maximum absolute atomic E-state index is 12.2. The van der Waals surface area contributed by atoms with Crippen molar-refractivity contribution in [3.63, 3.8) is 0 Å². The second-order valence-electron chi connectivity index (χ2n) is 3.99. The van der Waals surface area contributed by atoms with E-state index < -0.39 is 16.6 Å². The third-order valence-electron chi connectivity index (χ3n) is 2.65. The Morgan fingerprint density at radius 3 is 2.71 bits per heavy atom. The molecule has 0 bridgehead atoms. The predicted molar refractivity (Wildman–Crippen MR) is 75.6 cm³/mol. The highest BCUT2D eigenvalue weighted by molar-refractivity contribution is 7.89. The Morgan fingerprint density at radius 1 is 1.33 bits per heavy atom. The van der Waals surface area contributed by atoms with Gasteiger partial charge >= 0.3 is 0 Å². The Bertz CT molecular complexity index is 719. The van der Waals surface area contributed by atoms with Crippen LogP contribution in [0.4, 0.5) is 0 Å². The number of hydrogen-bond donors (Lipinski definition) is 2. The number of aliphatic hydroxyl groups excluding tert-OH is 1. The molecule has 0 spiro atoms. The second kappa shape index (κ2) is 6.71. The van der Waals surface area contributed by atoms with Gasteiger partial charge in [0.1, 0.15) is 4.90 Å². The molecular formula is C11H11Cl2N3O4S. The predicted octanol–water partition coefficient (Wildman–Crippen LogP) is 1.39. The molecule has 7 nitrogen and oxygen atoms in total. The van der Waals surface area contributed by atoms with Crippen LogP contribution in [0.15, 0.2) is 27.9 Å². The lowest BCUT2D eigenvalue weighted by molar-refractivity contribution is 0.281. The van der Waals surface area contributed by atoms with Gasteiger partial charge in [0, 0.05) is 23.6 Å². The highest BCUT2D eigenvalue weighted by atomic mass is 35.5. The first-order valence-electron chi connectivity index (χ1n) is 5.78. The van der Waals surface area contributed by atoms with Crippen LogP contribution in [0.2, 0.25) is 10.0 Å². The van der Waals surface area contributed by atoms with Crippen molar-refractivity contribution in [2.24, 2.45) is 0 Å². The largest absolute Gasteiger partial charge is 0.392 e. The number of nitrogens with zero attached hydrogens (tertiary/aromatic N) is 2. The number of sulfonamides is 1. The third kappa shape index (κ3) is 3.72. The Hall–Kier alpha value is -1.19. The van der Waals surface area contributed by atoms with Gasteiger partial charge in [0.2, 0.25) is 16.4 Å². The zero-order chi connectivity index (χ0) is 15.5. The molecule has 0 saturated carbocycles. The highest BCUT2D eigenvalue weighted by Crippen LogP contribution is 2.30. The summed E-state index contributed by atoms with van der Waals surface area (Å²) in [5.74, 6) is 0.385. The average molecular weight is 352 g/mol. The van der Waals surface area contributed by atoms with Crippen molar-refractivity contribution in [2.45, 2.75) is 17.9 Å². The minimum atomic E-state index is -3.83. The molecule has 10 heteroatoms. The Morgan fingerprint density at radius 2 is 2.10 bits per heavy atom. The van der Waals surface area contributed by atoms with E-state index in [1.807, 2.05) is 0 Å². The molecular weight excluding hydrogens is 341 g/mol. The summed E-state index contributed by atoms with van der Waals surface area (Å²) in [5, 5.41) is 12.8. The van der Waals surface area contributed by atoms with E-state index in [4.69, 9.17) is 23.2 Å². The molecule has 2 rings (SSSR count). The maximum atomic E-state index is 12.2. The Kier molecular flexibility index (Phi) is 5.17. The van der Waals surface area contributed by atoms with E-state index in [9.17, 15) is 13.5 Å². The Labute approximate surface area is 130 Å². The summed E-state index contributed by atoms with van der Waals surface area (Å²) in [5.41, 5.74) is 0.166. The number of benzene rings is 1. The average Bonchev–Trinajstić information content (AvgIpc) is 2.92. The summed E-state index contributed by atoms with van der Waals surface area (Å²) < 4.78 is 31.3. The van der Waals surface area contributed by atoms with Gasteiger partial charge < -0.3 is 9.63 Å². The SMILES string of the molecule is O=S(=O)(NCCc1ncon1)c1ccc(Cl)c(CO)c1Cl. The summed E-state index contributed by atoms with van der Waals surface area (Å²) in [4.78, 5) is 3.63. The van der Waals surface area contributed by atoms with E-state index in [1.165, 1.54) is 12.1 Å². The molecule has 0 aliphatic carbocycles. The number of aliphatic hydroxyl groups is 1. The topological polar surface area (TPSA) is 105 Å². The molecule has 0 atom stereocenters. The monoisotopic (exact) mass is 351 g/mol. The van der Waals surface area contributed by atoms with Gasteiger partial charge in [-0.3, -0.25) is 0 Å². The summed E-state index contributed by atoms with van der Waals surface area (Å²) in [6.07, 6.45) is 1.43. The molecule has 21 heavy (non-hydrogen) atoms. The molecule has 0 fully saturated rings.